The number of amides is 1. The van der Waals surface area contributed by atoms with Crippen LogP contribution in [0.3, 0.4) is 0 Å². The Morgan fingerprint density at radius 1 is 1.44 bits per heavy atom. The summed E-state index contributed by atoms with van der Waals surface area (Å²) >= 11 is 0. The van der Waals surface area contributed by atoms with Crippen molar-refractivity contribution in [3.63, 3.8) is 0 Å². The molecule has 6 nitrogen and oxygen atoms in total. The molecule has 18 heavy (non-hydrogen) atoms. The Morgan fingerprint density at radius 2 is 2.06 bits per heavy atom. The average molecular weight is 253 g/mol. The van der Waals surface area contributed by atoms with E-state index in [1.807, 2.05) is 20.9 Å². The van der Waals surface area contributed by atoms with Crippen LogP contribution in [0.25, 0.3) is 0 Å². The minimum atomic E-state index is -0.913. The maximum Gasteiger partial charge on any atom is 0.308 e. The topological polar surface area (TPSA) is 84.2 Å². The van der Waals surface area contributed by atoms with Crippen LogP contribution in [0.5, 0.6) is 0 Å². The molecule has 1 aromatic rings. The van der Waals surface area contributed by atoms with Crippen molar-refractivity contribution in [2.75, 3.05) is 6.54 Å². The molecular formula is C12H19N3O3. The van der Waals surface area contributed by atoms with Crippen molar-refractivity contribution in [2.24, 2.45) is 13.0 Å². The summed E-state index contributed by atoms with van der Waals surface area (Å²) in [5, 5.41) is 15.6. The van der Waals surface area contributed by atoms with Crippen LogP contribution in [0.1, 0.15) is 23.9 Å². The molecule has 0 aromatic carbocycles. The maximum atomic E-state index is 11.7. The standard InChI is InChI=1S/C12H19N3O3/c1-7(12(17)18)6-13-11(16)5-10-8(2)14-15(4)9(10)3/h7H,5-6H2,1-4H3,(H,13,16)(H,17,18). The van der Waals surface area contributed by atoms with Crippen molar-refractivity contribution in [3.05, 3.63) is 17.0 Å². The van der Waals surface area contributed by atoms with E-state index in [1.165, 1.54) is 0 Å². The van der Waals surface area contributed by atoms with Gasteiger partial charge in [0, 0.05) is 24.8 Å². The molecule has 2 N–H and O–H groups in total. The largest absolute Gasteiger partial charge is 0.481 e. The molecule has 1 unspecified atom stereocenters. The predicted octanol–water partition coefficient (Wildman–Crippen LogP) is 0.416. The van der Waals surface area contributed by atoms with E-state index in [2.05, 4.69) is 10.4 Å². The van der Waals surface area contributed by atoms with Gasteiger partial charge < -0.3 is 10.4 Å². The molecule has 1 aromatic heterocycles. The molecule has 100 valence electrons. The van der Waals surface area contributed by atoms with Crippen LogP contribution in [0.2, 0.25) is 0 Å². The summed E-state index contributed by atoms with van der Waals surface area (Å²) in [6.45, 7) is 5.47. The highest BCUT2D eigenvalue weighted by Crippen LogP contribution is 2.12. The van der Waals surface area contributed by atoms with Gasteiger partial charge in [0.05, 0.1) is 18.0 Å². The zero-order chi connectivity index (χ0) is 13.9. The van der Waals surface area contributed by atoms with E-state index in [-0.39, 0.29) is 18.9 Å². The lowest BCUT2D eigenvalue weighted by atomic mass is 10.1. The van der Waals surface area contributed by atoms with Crippen molar-refractivity contribution >= 4 is 11.9 Å². The van der Waals surface area contributed by atoms with Crippen LogP contribution in [0.15, 0.2) is 0 Å². The molecule has 0 bridgehead atoms. The fraction of sp³-hybridized carbons (Fsp3) is 0.583. The Labute approximate surface area is 106 Å². The van der Waals surface area contributed by atoms with Crippen LogP contribution in [-0.2, 0) is 23.1 Å². The molecule has 1 atom stereocenters. The van der Waals surface area contributed by atoms with Crippen LogP contribution < -0.4 is 5.32 Å². The molecule has 6 heteroatoms. The van der Waals surface area contributed by atoms with Crippen molar-refractivity contribution in [3.8, 4) is 0 Å². The van der Waals surface area contributed by atoms with E-state index in [9.17, 15) is 9.59 Å². The smallest absolute Gasteiger partial charge is 0.308 e. The number of hydrogen-bond donors (Lipinski definition) is 2. The van der Waals surface area contributed by atoms with Gasteiger partial charge in [-0.15, -0.1) is 0 Å². The summed E-state index contributed by atoms with van der Waals surface area (Å²) in [5.74, 6) is -1.67. The summed E-state index contributed by atoms with van der Waals surface area (Å²) in [5.41, 5.74) is 2.68. The lowest BCUT2D eigenvalue weighted by Gasteiger charge is -2.08. The summed E-state index contributed by atoms with van der Waals surface area (Å²) in [4.78, 5) is 22.3. The predicted molar refractivity (Wildman–Crippen MR) is 66.2 cm³/mol. The van der Waals surface area contributed by atoms with E-state index in [1.54, 1.807) is 11.6 Å². The Hall–Kier alpha value is -1.85. The highest BCUT2D eigenvalue weighted by molar-refractivity contribution is 5.80. The fourth-order valence-electron chi connectivity index (χ4n) is 1.65. The van der Waals surface area contributed by atoms with Gasteiger partial charge in [0.25, 0.3) is 0 Å². The van der Waals surface area contributed by atoms with Gasteiger partial charge >= 0.3 is 5.97 Å². The molecule has 0 aliphatic carbocycles. The third-order valence-corrected chi connectivity index (χ3v) is 3.02. The quantitative estimate of drug-likeness (QED) is 0.796. The molecule has 0 aliphatic heterocycles. The number of aryl methyl sites for hydroxylation is 2. The Balaban J connectivity index is 2.57. The second-order valence-electron chi connectivity index (χ2n) is 4.49. The Bertz CT molecular complexity index is 465. The number of carbonyl (C=O) groups is 2. The third kappa shape index (κ3) is 3.32. The zero-order valence-corrected chi connectivity index (χ0v) is 11.1. The van der Waals surface area contributed by atoms with E-state index < -0.39 is 11.9 Å². The van der Waals surface area contributed by atoms with E-state index in [4.69, 9.17) is 5.11 Å². The molecule has 1 amide bonds. The molecule has 0 fully saturated rings. The first-order valence-corrected chi connectivity index (χ1v) is 5.81. The highest BCUT2D eigenvalue weighted by Gasteiger charge is 2.15. The molecule has 0 saturated carbocycles. The van der Waals surface area contributed by atoms with Gasteiger partial charge in [0.1, 0.15) is 0 Å². The summed E-state index contributed by atoms with van der Waals surface area (Å²) in [7, 11) is 1.83. The zero-order valence-electron chi connectivity index (χ0n) is 11.1. The average Bonchev–Trinajstić information content (AvgIpc) is 2.52. The first kappa shape index (κ1) is 14.2. The molecule has 0 radical (unpaired) electrons. The number of aliphatic carboxylic acids is 1. The van der Waals surface area contributed by atoms with E-state index >= 15 is 0 Å². The van der Waals surface area contributed by atoms with Crippen LogP contribution in [0.4, 0.5) is 0 Å². The Morgan fingerprint density at radius 3 is 2.50 bits per heavy atom. The number of nitrogens with one attached hydrogen (secondary N) is 1. The van der Waals surface area contributed by atoms with E-state index in [0.29, 0.717) is 0 Å². The van der Waals surface area contributed by atoms with Crippen molar-refractivity contribution in [2.45, 2.75) is 27.2 Å². The number of carbonyl (C=O) groups excluding carboxylic acids is 1. The van der Waals surface area contributed by atoms with Gasteiger partial charge in [-0.05, 0) is 13.8 Å². The number of carboxylic acids is 1. The first-order valence-electron chi connectivity index (χ1n) is 5.81. The van der Waals surface area contributed by atoms with Crippen LogP contribution in [-0.4, -0.2) is 33.3 Å². The minimum Gasteiger partial charge on any atom is -0.481 e. The summed E-state index contributed by atoms with van der Waals surface area (Å²) < 4.78 is 1.73. The third-order valence-electron chi connectivity index (χ3n) is 3.02. The van der Waals surface area contributed by atoms with Crippen molar-refractivity contribution < 1.29 is 14.7 Å². The van der Waals surface area contributed by atoms with Crippen molar-refractivity contribution in [1.29, 1.82) is 0 Å². The molecule has 0 spiro atoms. The van der Waals surface area contributed by atoms with Crippen molar-refractivity contribution in [1.82, 2.24) is 15.1 Å². The lowest BCUT2D eigenvalue weighted by molar-refractivity contribution is -0.141. The molecule has 0 aliphatic rings. The first-order chi connectivity index (χ1) is 8.32. The normalized spacial score (nSPS) is 12.2. The van der Waals surface area contributed by atoms with Gasteiger partial charge in [0.2, 0.25) is 5.91 Å². The Kier molecular flexibility index (Phi) is 4.47. The summed E-state index contributed by atoms with van der Waals surface area (Å²) in [6.07, 6.45) is 0.234. The molecule has 1 heterocycles. The van der Waals surface area contributed by atoms with Gasteiger partial charge in [-0.3, -0.25) is 14.3 Å². The minimum absolute atomic E-state index is 0.145. The van der Waals surface area contributed by atoms with Gasteiger partial charge in [0.15, 0.2) is 0 Å². The number of carboxylic acid groups (broad SMARTS) is 1. The van der Waals surface area contributed by atoms with Gasteiger partial charge in [-0.2, -0.15) is 5.10 Å². The molecule has 0 saturated heterocycles. The number of aromatic nitrogens is 2. The maximum absolute atomic E-state index is 11.7. The SMILES string of the molecule is Cc1nn(C)c(C)c1CC(=O)NCC(C)C(=O)O. The molecule has 1 rings (SSSR count). The van der Waals surface area contributed by atoms with Gasteiger partial charge in [-0.1, -0.05) is 6.92 Å². The number of nitrogens with zero attached hydrogens (tertiary/aromatic N) is 2. The summed E-state index contributed by atoms with van der Waals surface area (Å²) in [6, 6.07) is 0. The number of hydrogen-bond acceptors (Lipinski definition) is 3. The number of rotatable bonds is 5. The second-order valence-corrected chi connectivity index (χ2v) is 4.49. The van der Waals surface area contributed by atoms with E-state index in [0.717, 1.165) is 17.0 Å². The van der Waals surface area contributed by atoms with Crippen LogP contribution in [0, 0.1) is 19.8 Å². The monoisotopic (exact) mass is 253 g/mol. The molecular weight excluding hydrogens is 234 g/mol. The van der Waals surface area contributed by atoms with Gasteiger partial charge in [-0.25, -0.2) is 0 Å². The second kappa shape index (κ2) is 5.66. The highest BCUT2D eigenvalue weighted by atomic mass is 16.4. The van der Waals surface area contributed by atoms with Crippen LogP contribution >= 0.6 is 0 Å². The fourth-order valence-corrected chi connectivity index (χ4v) is 1.65. The lowest BCUT2D eigenvalue weighted by Crippen LogP contribution is -2.32.